The van der Waals surface area contributed by atoms with Crippen molar-refractivity contribution in [2.24, 2.45) is 5.41 Å². The molecule has 1 aromatic carbocycles. The van der Waals surface area contributed by atoms with Gasteiger partial charge in [-0.25, -0.2) is 4.39 Å². The van der Waals surface area contributed by atoms with Crippen LogP contribution in [0.1, 0.15) is 29.6 Å². The molecule has 0 atom stereocenters. The van der Waals surface area contributed by atoms with Crippen LogP contribution < -0.4 is 5.32 Å². The molecule has 1 N–H and O–H groups in total. The van der Waals surface area contributed by atoms with Crippen LogP contribution in [0.15, 0.2) is 24.3 Å². The van der Waals surface area contributed by atoms with Crippen LogP contribution in [0.3, 0.4) is 0 Å². The third-order valence-electron chi connectivity index (χ3n) is 4.53. The molecule has 2 fully saturated rings. The highest BCUT2D eigenvalue weighted by Crippen LogP contribution is 2.37. The molecule has 3 rings (SSSR count). The van der Waals surface area contributed by atoms with Crippen LogP contribution in [-0.2, 0) is 0 Å². The minimum Gasteiger partial charge on any atom is -0.339 e. The number of carbonyl (C=O) groups excluding carboxylic acids is 1. The van der Waals surface area contributed by atoms with Crippen LogP contribution in [0.4, 0.5) is 4.39 Å². The molecular weight excluding hydrogens is 243 g/mol. The summed E-state index contributed by atoms with van der Waals surface area (Å²) < 4.78 is 12.9. The summed E-state index contributed by atoms with van der Waals surface area (Å²) in [5, 5.41) is 3.42. The van der Waals surface area contributed by atoms with E-state index < -0.39 is 0 Å². The highest BCUT2D eigenvalue weighted by Gasteiger charge is 2.38. The quantitative estimate of drug-likeness (QED) is 0.840. The Morgan fingerprint density at radius 3 is 2.42 bits per heavy atom. The lowest BCUT2D eigenvalue weighted by molar-refractivity contribution is 0.0607. The van der Waals surface area contributed by atoms with Crippen LogP contribution >= 0.6 is 0 Å². The number of likely N-dealkylation sites (tertiary alicyclic amines) is 1. The Balaban J connectivity index is 1.64. The lowest BCUT2D eigenvalue weighted by Crippen LogP contribution is -2.44. The van der Waals surface area contributed by atoms with Gasteiger partial charge >= 0.3 is 0 Å². The molecule has 1 aromatic rings. The van der Waals surface area contributed by atoms with Crippen molar-refractivity contribution in [1.82, 2.24) is 10.2 Å². The van der Waals surface area contributed by atoms with Crippen molar-refractivity contribution in [3.05, 3.63) is 35.6 Å². The summed E-state index contributed by atoms with van der Waals surface area (Å²) in [5.74, 6) is -0.271. The maximum Gasteiger partial charge on any atom is 0.253 e. The summed E-state index contributed by atoms with van der Waals surface area (Å²) in [6, 6.07) is 5.83. The van der Waals surface area contributed by atoms with Gasteiger partial charge in [0.05, 0.1) is 0 Å². The minimum absolute atomic E-state index is 0.0285. The van der Waals surface area contributed by atoms with E-state index in [0.29, 0.717) is 11.0 Å². The molecule has 3 nitrogen and oxygen atoms in total. The van der Waals surface area contributed by atoms with Crippen molar-refractivity contribution in [1.29, 1.82) is 0 Å². The maximum absolute atomic E-state index is 12.9. The van der Waals surface area contributed by atoms with Crippen molar-refractivity contribution < 1.29 is 9.18 Å². The largest absolute Gasteiger partial charge is 0.339 e. The molecule has 0 radical (unpaired) electrons. The Bertz CT molecular complexity index is 456. The van der Waals surface area contributed by atoms with E-state index in [4.69, 9.17) is 0 Å². The third kappa shape index (κ3) is 2.50. The van der Waals surface area contributed by atoms with Crippen molar-refractivity contribution >= 4 is 5.91 Å². The monoisotopic (exact) mass is 262 g/mol. The highest BCUT2D eigenvalue weighted by atomic mass is 19.1. The fourth-order valence-electron chi connectivity index (χ4n) is 3.18. The molecule has 0 aromatic heterocycles. The zero-order valence-corrected chi connectivity index (χ0v) is 11.0. The molecule has 19 heavy (non-hydrogen) atoms. The zero-order chi connectivity index (χ0) is 13.3. The summed E-state index contributed by atoms with van der Waals surface area (Å²) in [7, 11) is 0. The molecular formula is C15H19FN2O. The Morgan fingerprint density at radius 1 is 1.16 bits per heavy atom. The summed E-state index contributed by atoms with van der Waals surface area (Å²) >= 11 is 0. The van der Waals surface area contributed by atoms with Crippen LogP contribution in [0.5, 0.6) is 0 Å². The predicted molar refractivity (Wildman–Crippen MR) is 71.5 cm³/mol. The van der Waals surface area contributed by atoms with E-state index in [1.807, 2.05) is 4.90 Å². The van der Waals surface area contributed by atoms with Gasteiger partial charge < -0.3 is 10.2 Å². The van der Waals surface area contributed by atoms with Gasteiger partial charge in [0.25, 0.3) is 5.91 Å². The van der Waals surface area contributed by atoms with Gasteiger partial charge in [-0.1, -0.05) is 0 Å². The van der Waals surface area contributed by atoms with Crippen LogP contribution in [-0.4, -0.2) is 37.0 Å². The third-order valence-corrected chi connectivity index (χ3v) is 4.53. The van der Waals surface area contributed by atoms with E-state index >= 15 is 0 Å². The van der Waals surface area contributed by atoms with Gasteiger partial charge in [-0.05, 0) is 55.5 Å². The molecule has 0 unspecified atom stereocenters. The molecule has 2 aliphatic rings. The first-order valence-corrected chi connectivity index (χ1v) is 6.94. The molecule has 0 aliphatic carbocycles. The van der Waals surface area contributed by atoms with Crippen molar-refractivity contribution in [2.75, 3.05) is 26.2 Å². The second-order valence-corrected chi connectivity index (χ2v) is 5.73. The fraction of sp³-hybridized carbons (Fsp3) is 0.533. The van der Waals surface area contributed by atoms with E-state index in [1.54, 1.807) is 12.1 Å². The van der Waals surface area contributed by atoms with Crippen LogP contribution in [0, 0.1) is 11.2 Å². The fourth-order valence-corrected chi connectivity index (χ4v) is 3.18. The SMILES string of the molecule is O=C(c1ccc(F)cc1)N1CCC2(CCNC2)CC1. The van der Waals surface area contributed by atoms with Crippen LogP contribution in [0.2, 0.25) is 0 Å². The molecule has 0 bridgehead atoms. The maximum atomic E-state index is 12.9. The van der Waals surface area contributed by atoms with E-state index in [1.165, 1.54) is 18.6 Å². The number of nitrogens with one attached hydrogen (secondary N) is 1. The van der Waals surface area contributed by atoms with Gasteiger partial charge in [0.15, 0.2) is 0 Å². The number of piperidine rings is 1. The summed E-state index contributed by atoms with van der Waals surface area (Å²) in [6.07, 6.45) is 3.38. The van der Waals surface area contributed by atoms with Crippen LogP contribution in [0.25, 0.3) is 0 Å². The lowest BCUT2D eigenvalue weighted by atomic mass is 9.78. The van der Waals surface area contributed by atoms with Crippen molar-refractivity contribution in [3.8, 4) is 0 Å². The molecule has 2 aliphatic heterocycles. The minimum atomic E-state index is -0.300. The topological polar surface area (TPSA) is 32.3 Å². The van der Waals surface area contributed by atoms with E-state index in [9.17, 15) is 9.18 Å². The Labute approximate surface area is 112 Å². The first kappa shape index (κ1) is 12.6. The average molecular weight is 262 g/mol. The zero-order valence-electron chi connectivity index (χ0n) is 11.0. The number of nitrogens with zero attached hydrogens (tertiary/aromatic N) is 1. The Hall–Kier alpha value is -1.42. The lowest BCUT2D eigenvalue weighted by Gasteiger charge is -2.38. The molecule has 102 valence electrons. The highest BCUT2D eigenvalue weighted by molar-refractivity contribution is 5.94. The first-order valence-electron chi connectivity index (χ1n) is 6.94. The molecule has 4 heteroatoms. The van der Waals surface area contributed by atoms with Gasteiger partial charge in [-0.2, -0.15) is 0 Å². The number of hydrogen-bond donors (Lipinski definition) is 1. The molecule has 2 saturated heterocycles. The van der Waals surface area contributed by atoms with Gasteiger partial charge in [0.2, 0.25) is 0 Å². The summed E-state index contributed by atoms with van der Waals surface area (Å²) in [4.78, 5) is 14.2. The first-order chi connectivity index (χ1) is 9.19. The molecule has 1 amide bonds. The number of benzene rings is 1. The van der Waals surface area contributed by atoms with E-state index in [-0.39, 0.29) is 11.7 Å². The standard InChI is InChI=1S/C15H19FN2O/c16-13-3-1-12(2-4-13)14(19)18-9-6-15(7-10-18)5-8-17-11-15/h1-4,17H,5-11H2. The van der Waals surface area contributed by atoms with Gasteiger partial charge in [-0.15, -0.1) is 0 Å². The Morgan fingerprint density at radius 2 is 1.84 bits per heavy atom. The van der Waals surface area contributed by atoms with Gasteiger partial charge in [-0.3, -0.25) is 4.79 Å². The number of hydrogen-bond acceptors (Lipinski definition) is 2. The van der Waals surface area contributed by atoms with E-state index in [0.717, 1.165) is 39.0 Å². The summed E-state index contributed by atoms with van der Waals surface area (Å²) in [6.45, 7) is 3.83. The number of halogens is 1. The normalized spacial score (nSPS) is 21.8. The predicted octanol–water partition coefficient (Wildman–Crippen LogP) is 2.04. The van der Waals surface area contributed by atoms with Gasteiger partial charge in [0.1, 0.15) is 5.82 Å². The molecule has 0 saturated carbocycles. The molecule has 2 heterocycles. The second kappa shape index (κ2) is 4.93. The smallest absolute Gasteiger partial charge is 0.253 e. The van der Waals surface area contributed by atoms with Gasteiger partial charge in [0, 0.05) is 25.2 Å². The molecule has 1 spiro atoms. The number of amides is 1. The average Bonchev–Trinajstić information content (AvgIpc) is 2.88. The number of rotatable bonds is 1. The Kier molecular flexibility index (Phi) is 3.27. The second-order valence-electron chi connectivity index (χ2n) is 5.73. The van der Waals surface area contributed by atoms with Crippen molar-refractivity contribution in [3.63, 3.8) is 0 Å². The van der Waals surface area contributed by atoms with Crippen molar-refractivity contribution in [2.45, 2.75) is 19.3 Å². The summed E-state index contributed by atoms with van der Waals surface area (Å²) in [5.41, 5.74) is 1.00. The number of carbonyl (C=O) groups is 1. The van der Waals surface area contributed by atoms with E-state index in [2.05, 4.69) is 5.32 Å².